The second kappa shape index (κ2) is 6.12. The van der Waals surface area contributed by atoms with E-state index in [-0.39, 0.29) is 12.5 Å². The minimum Gasteiger partial charge on any atom is -0.408 e. The number of amides is 1. The summed E-state index contributed by atoms with van der Waals surface area (Å²) in [7, 11) is 0. The zero-order valence-corrected chi connectivity index (χ0v) is 13.1. The SMILES string of the molecule is Cc1ccc2oc(=O)n(CC(=O)NCCn3ccc(C)n3)c2c1. The number of aromatic nitrogens is 3. The van der Waals surface area contributed by atoms with Crippen LogP contribution in [0.1, 0.15) is 11.3 Å². The number of carbonyl (C=O) groups is 1. The molecule has 7 nitrogen and oxygen atoms in total. The van der Waals surface area contributed by atoms with Crippen LogP contribution in [-0.4, -0.2) is 26.8 Å². The van der Waals surface area contributed by atoms with Gasteiger partial charge in [0.2, 0.25) is 5.91 Å². The fourth-order valence-electron chi connectivity index (χ4n) is 2.42. The van der Waals surface area contributed by atoms with Crippen molar-refractivity contribution in [3.8, 4) is 0 Å². The van der Waals surface area contributed by atoms with Crippen LogP contribution in [-0.2, 0) is 17.9 Å². The molecule has 0 aliphatic carbocycles. The maximum absolute atomic E-state index is 12.0. The van der Waals surface area contributed by atoms with Gasteiger partial charge in [-0.3, -0.25) is 14.0 Å². The summed E-state index contributed by atoms with van der Waals surface area (Å²) in [5, 5.41) is 7.03. The highest BCUT2D eigenvalue weighted by Crippen LogP contribution is 2.14. The molecule has 2 aromatic heterocycles. The van der Waals surface area contributed by atoms with E-state index in [1.54, 1.807) is 10.7 Å². The molecule has 7 heteroatoms. The van der Waals surface area contributed by atoms with E-state index < -0.39 is 5.76 Å². The molecule has 23 heavy (non-hydrogen) atoms. The van der Waals surface area contributed by atoms with Crippen molar-refractivity contribution < 1.29 is 9.21 Å². The zero-order chi connectivity index (χ0) is 16.4. The van der Waals surface area contributed by atoms with E-state index in [0.29, 0.717) is 24.2 Å². The zero-order valence-electron chi connectivity index (χ0n) is 13.1. The third-order valence-electron chi connectivity index (χ3n) is 3.56. The Morgan fingerprint density at radius 2 is 2.13 bits per heavy atom. The third kappa shape index (κ3) is 3.33. The van der Waals surface area contributed by atoms with Gasteiger partial charge in [-0.2, -0.15) is 5.10 Å². The fourth-order valence-corrected chi connectivity index (χ4v) is 2.42. The van der Waals surface area contributed by atoms with Gasteiger partial charge in [0.1, 0.15) is 6.54 Å². The third-order valence-corrected chi connectivity index (χ3v) is 3.56. The van der Waals surface area contributed by atoms with Crippen LogP contribution in [0, 0.1) is 13.8 Å². The number of fused-ring (bicyclic) bond motifs is 1. The first kappa shape index (κ1) is 15.1. The first-order valence-corrected chi connectivity index (χ1v) is 7.40. The summed E-state index contributed by atoms with van der Waals surface area (Å²) in [6.07, 6.45) is 1.86. The molecule has 120 valence electrons. The Kier molecular flexibility index (Phi) is 4.01. The molecular formula is C16H18N4O3. The van der Waals surface area contributed by atoms with Crippen LogP contribution < -0.4 is 11.1 Å². The highest BCUT2D eigenvalue weighted by molar-refractivity contribution is 5.79. The summed E-state index contributed by atoms with van der Waals surface area (Å²) >= 11 is 0. The summed E-state index contributed by atoms with van der Waals surface area (Å²) in [5.41, 5.74) is 3.05. The molecule has 3 aromatic rings. The van der Waals surface area contributed by atoms with Gasteiger partial charge in [-0.1, -0.05) is 6.07 Å². The van der Waals surface area contributed by atoms with E-state index in [0.717, 1.165) is 11.3 Å². The molecule has 0 atom stereocenters. The average molecular weight is 314 g/mol. The van der Waals surface area contributed by atoms with Gasteiger partial charge in [0, 0.05) is 12.7 Å². The van der Waals surface area contributed by atoms with Crippen molar-refractivity contribution in [1.82, 2.24) is 19.7 Å². The average Bonchev–Trinajstić information content (AvgIpc) is 3.04. The standard InChI is InChI=1S/C16H18N4O3/c1-11-3-4-14-13(9-11)20(16(22)23-14)10-15(21)17-6-8-19-7-5-12(2)18-19/h3-5,7,9H,6,8,10H2,1-2H3,(H,17,21). The Balaban J connectivity index is 1.65. The molecule has 0 aliphatic rings. The van der Waals surface area contributed by atoms with Gasteiger partial charge in [-0.15, -0.1) is 0 Å². The van der Waals surface area contributed by atoms with Crippen LogP contribution >= 0.6 is 0 Å². The van der Waals surface area contributed by atoms with Crippen LogP contribution in [0.5, 0.6) is 0 Å². The second-order valence-corrected chi connectivity index (χ2v) is 5.50. The molecule has 0 radical (unpaired) electrons. The number of nitrogens with zero attached hydrogens (tertiary/aromatic N) is 3. The molecule has 0 spiro atoms. The van der Waals surface area contributed by atoms with Crippen LogP contribution in [0.25, 0.3) is 11.1 Å². The molecule has 0 aliphatic heterocycles. The lowest BCUT2D eigenvalue weighted by Gasteiger charge is -2.06. The number of hydrogen-bond donors (Lipinski definition) is 1. The Morgan fingerprint density at radius 3 is 2.87 bits per heavy atom. The predicted octanol–water partition coefficient (Wildman–Crippen LogP) is 1.22. The van der Waals surface area contributed by atoms with Gasteiger partial charge in [-0.25, -0.2) is 4.79 Å². The number of benzene rings is 1. The smallest absolute Gasteiger partial charge is 0.408 e. The summed E-state index contributed by atoms with van der Waals surface area (Å²) < 4.78 is 8.25. The molecule has 3 rings (SSSR count). The normalized spacial score (nSPS) is 11.0. The Morgan fingerprint density at radius 1 is 1.30 bits per heavy atom. The lowest BCUT2D eigenvalue weighted by atomic mass is 10.2. The number of oxazole rings is 1. The van der Waals surface area contributed by atoms with Gasteiger partial charge in [0.25, 0.3) is 0 Å². The maximum Gasteiger partial charge on any atom is 0.420 e. The first-order chi connectivity index (χ1) is 11.0. The molecule has 2 heterocycles. The van der Waals surface area contributed by atoms with E-state index in [1.807, 2.05) is 38.2 Å². The van der Waals surface area contributed by atoms with Crippen LogP contribution in [0.3, 0.4) is 0 Å². The number of aryl methyl sites for hydroxylation is 2. The van der Waals surface area contributed by atoms with Crippen LogP contribution in [0.2, 0.25) is 0 Å². The summed E-state index contributed by atoms with van der Waals surface area (Å²) in [4.78, 5) is 23.9. The van der Waals surface area contributed by atoms with E-state index >= 15 is 0 Å². The minimum atomic E-state index is -0.525. The van der Waals surface area contributed by atoms with Crippen molar-refractivity contribution in [3.63, 3.8) is 0 Å². The first-order valence-electron chi connectivity index (χ1n) is 7.40. The molecule has 0 fully saturated rings. The maximum atomic E-state index is 12.0. The predicted molar refractivity (Wildman–Crippen MR) is 85.2 cm³/mol. The van der Waals surface area contributed by atoms with Crippen molar-refractivity contribution in [1.29, 1.82) is 0 Å². The van der Waals surface area contributed by atoms with Crippen molar-refractivity contribution in [3.05, 3.63) is 52.3 Å². The number of hydrogen-bond acceptors (Lipinski definition) is 4. The number of rotatable bonds is 5. The van der Waals surface area contributed by atoms with Gasteiger partial charge < -0.3 is 9.73 Å². The molecule has 1 N–H and O–H groups in total. The van der Waals surface area contributed by atoms with E-state index in [1.165, 1.54) is 4.57 Å². The number of nitrogens with one attached hydrogen (secondary N) is 1. The van der Waals surface area contributed by atoms with Crippen molar-refractivity contribution in [2.45, 2.75) is 26.9 Å². The highest BCUT2D eigenvalue weighted by atomic mass is 16.4. The largest absolute Gasteiger partial charge is 0.420 e. The van der Waals surface area contributed by atoms with Crippen molar-refractivity contribution in [2.75, 3.05) is 6.54 Å². The Labute approximate surface area is 132 Å². The van der Waals surface area contributed by atoms with Gasteiger partial charge >= 0.3 is 5.76 Å². The lowest BCUT2D eigenvalue weighted by molar-refractivity contribution is -0.121. The summed E-state index contributed by atoms with van der Waals surface area (Å²) in [6, 6.07) is 7.34. The van der Waals surface area contributed by atoms with E-state index in [4.69, 9.17) is 4.42 Å². The lowest BCUT2D eigenvalue weighted by Crippen LogP contribution is -2.33. The van der Waals surface area contributed by atoms with E-state index in [2.05, 4.69) is 10.4 Å². The van der Waals surface area contributed by atoms with Crippen molar-refractivity contribution >= 4 is 17.0 Å². The molecular weight excluding hydrogens is 296 g/mol. The molecule has 0 saturated heterocycles. The van der Waals surface area contributed by atoms with Gasteiger partial charge in [0.05, 0.1) is 17.8 Å². The Hall–Kier alpha value is -2.83. The monoisotopic (exact) mass is 314 g/mol. The van der Waals surface area contributed by atoms with Gasteiger partial charge in [-0.05, 0) is 37.6 Å². The molecule has 1 aromatic carbocycles. The quantitative estimate of drug-likeness (QED) is 0.768. The second-order valence-electron chi connectivity index (χ2n) is 5.50. The minimum absolute atomic E-state index is 0.0621. The Bertz CT molecular complexity index is 904. The summed E-state index contributed by atoms with van der Waals surface area (Å²) in [5.74, 6) is -0.761. The molecule has 0 bridgehead atoms. The van der Waals surface area contributed by atoms with Crippen LogP contribution in [0.15, 0.2) is 39.7 Å². The molecule has 0 saturated carbocycles. The number of carbonyl (C=O) groups excluding carboxylic acids is 1. The fraction of sp³-hybridized carbons (Fsp3) is 0.312. The van der Waals surface area contributed by atoms with Crippen LogP contribution in [0.4, 0.5) is 0 Å². The topological polar surface area (TPSA) is 82.1 Å². The summed E-state index contributed by atoms with van der Waals surface area (Å²) in [6.45, 7) is 4.80. The van der Waals surface area contributed by atoms with Crippen molar-refractivity contribution in [2.24, 2.45) is 0 Å². The molecule has 0 unspecified atom stereocenters. The van der Waals surface area contributed by atoms with Gasteiger partial charge in [0.15, 0.2) is 5.58 Å². The highest BCUT2D eigenvalue weighted by Gasteiger charge is 2.12. The van der Waals surface area contributed by atoms with E-state index in [9.17, 15) is 9.59 Å². The molecule has 1 amide bonds.